The van der Waals surface area contributed by atoms with Gasteiger partial charge in [0, 0.05) is 12.4 Å². The number of nitrogens with one attached hydrogen (secondary N) is 2. The Kier molecular flexibility index (Phi) is 5.14. The topological polar surface area (TPSA) is 67.0 Å². The summed E-state index contributed by atoms with van der Waals surface area (Å²) in [5, 5.41) is 2.53. The number of imidazole rings is 1. The Bertz CT molecular complexity index is 365. The van der Waals surface area contributed by atoms with E-state index < -0.39 is 25.3 Å². The van der Waals surface area contributed by atoms with E-state index in [9.17, 15) is 18.0 Å². The molecule has 1 aromatic rings. The van der Waals surface area contributed by atoms with E-state index >= 15 is 0 Å². The Morgan fingerprint density at radius 1 is 1.61 bits per heavy atom. The van der Waals surface area contributed by atoms with Crippen molar-refractivity contribution in [3.8, 4) is 0 Å². The van der Waals surface area contributed by atoms with Gasteiger partial charge >= 0.3 is 6.18 Å². The fourth-order valence-electron chi connectivity index (χ4n) is 1.33. The first-order valence-electron chi connectivity index (χ1n) is 5.35. The van der Waals surface area contributed by atoms with Gasteiger partial charge in [0.25, 0.3) is 0 Å². The number of hydrogen-bond acceptors (Lipinski definition) is 3. The summed E-state index contributed by atoms with van der Waals surface area (Å²) >= 11 is 0. The monoisotopic (exact) mass is 265 g/mol. The van der Waals surface area contributed by atoms with E-state index in [0.717, 1.165) is 0 Å². The molecule has 0 saturated heterocycles. The highest BCUT2D eigenvalue weighted by Gasteiger charge is 2.28. The van der Waals surface area contributed by atoms with Crippen molar-refractivity contribution in [2.24, 2.45) is 0 Å². The van der Waals surface area contributed by atoms with E-state index in [4.69, 9.17) is 0 Å². The molecule has 0 fully saturated rings. The lowest BCUT2D eigenvalue weighted by atomic mass is 10.2. The van der Waals surface area contributed by atoms with Crippen LogP contribution in [0.4, 0.5) is 13.2 Å². The van der Waals surface area contributed by atoms with Gasteiger partial charge in [-0.3, -0.25) is 4.79 Å². The third-order valence-electron chi connectivity index (χ3n) is 2.09. The summed E-state index contributed by atoms with van der Waals surface area (Å²) in [5.74, 6) is -0.0517. The van der Waals surface area contributed by atoms with Gasteiger partial charge in [0.15, 0.2) is 0 Å². The second kappa shape index (κ2) is 6.39. The largest absolute Gasteiger partial charge is 0.411 e. The number of carbonyl (C=O) groups excluding carboxylic acids is 1. The van der Waals surface area contributed by atoms with Crippen LogP contribution in [0.25, 0.3) is 0 Å². The highest BCUT2D eigenvalue weighted by Crippen LogP contribution is 2.14. The molecule has 1 atom stereocenters. The van der Waals surface area contributed by atoms with Crippen molar-refractivity contribution in [3.05, 3.63) is 18.2 Å². The summed E-state index contributed by atoms with van der Waals surface area (Å²) in [5.41, 5.74) is 0. The molecule has 0 radical (unpaired) electrons. The molecule has 1 rings (SSSR count). The molecular weight excluding hydrogens is 251 g/mol. The normalized spacial score (nSPS) is 13.3. The zero-order chi connectivity index (χ0) is 13.6. The van der Waals surface area contributed by atoms with Crippen molar-refractivity contribution in [3.63, 3.8) is 0 Å². The van der Waals surface area contributed by atoms with Crippen molar-refractivity contribution in [1.29, 1.82) is 0 Å². The third kappa shape index (κ3) is 5.17. The Morgan fingerprint density at radius 3 is 2.83 bits per heavy atom. The summed E-state index contributed by atoms with van der Waals surface area (Å²) in [4.78, 5) is 18.1. The first-order chi connectivity index (χ1) is 8.42. The van der Waals surface area contributed by atoms with E-state index in [1.54, 1.807) is 6.20 Å². The Labute approximate surface area is 102 Å². The molecular formula is C10H14F3N3O2. The molecule has 5 nitrogen and oxygen atoms in total. The van der Waals surface area contributed by atoms with Crippen LogP contribution in [-0.2, 0) is 9.53 Å². The smallest absolute Gasteiger partial charge is 0.362 e. The maximum Gasteiger partial charge on any atom is 0.411 e. The predicted molar refractivity (Wildman–Crippen MR) is 56.6 cm³/mol. The molecule has 0 bridgehead atoms. The molecule has 0 saturated carbocycles. The van der Waals surface area contributed by atoms with Crippen LogP contribution in [-0.4, -0.2) is 35.3 Å². The molecule has 1 heterocycles. The quantitative estimate of drug-likeness (QED) is 0.820. The van der Waals surface area contributed by atoms with E-state index in [1.807, 2.05) is 6.92 Å². The summed E-state index contributed by atoms with van der Waals surface area (Å²) in [6.07, 6.45) is -0.724. The van der Waals surface area contributed by atoms with E-state index in [-0.39, 0.29) is 6.04 Å². The molecule has 0 spiro atoms. The standard InChI is InChI=1S/C10H14F3N3O2/c1-2-7(9-14-3-4-15-9)16-8(17)5-18-6-10(11,12)13/h3-4,7H,2,5-6H2,1H3,(H,14,15)(H,16,17). The average Bonchev–Trinajstić information content (AvgIpc) is 2.77. The number of amides is 1. The summed E-state index contributed by atoms with van der Waals surface area (Å²) in [6.45, 7) is -0.237. The van der Waals surface area contributed by atoms with Gasteiger partial charge in [0.2, 0.25) is 5.91 Å². The van der Waals surface area contributed by atoms with Crippen LogP contribution < -0.4 is 5.32 Å². The first-order valence-corrected chi connectivity index (χ1v) is 5.35. The third-order valence-corrected chi connectivity index (χ3v) is 2.09. The van der Waals surface area contributed by atoms with Crippen molar-refractivity contribution in [1.82, 2.24) is 15.3 Å². The summed E-state index contributed by atoms with van der Waals surface area (Å²) in [6, 6.07) is -0.359. The number of aromatic amines is 1. The van der Waals surface area contributed by atoms with Crippen molar-refractivity contribution in [2.75, 3.05) is 13.2 Å². The fraction of sp³-hybridized carbons (Fsp3) is 0.600. The van der Waals surface area contributed by atoms with Crippen molar-refractivity contribution < 1.29 is 22.7 Å². The zero-order valence-electron chi connectivity index (χ0n) is 9.75. The zero-order valence-corrected chi connectivity index (χ0v) is 9.75. The molecule has 8 heteroatoms. The number of aromatic nitrogens is 2. The predicted octanol–water partition coefficient (Wildman–Crippen LogP) is 1.56. The molecule has 1 unspecified atom stereocenters. The fourth-order valence-corrected chi connectivity index (χ4v) is 1.33. The maximum atomic E-state index is 11.8. The molecule has 2 N–H and O–H groups in total. The van der Waals surface area contributed by atoms with Crippen LogP contribution in [0.2, 0.25) is 0 Å². The van der Waals surface area contributed by atoms with Crippen molar-refractivity contribution >= 4 is 5.91 Å². The maximum absolute atomic E-state index is 11.8. The number of alkyl halides is 3. The number of carbonyl (C=O) groups is 1. The Morgan fingerprint density at radius 2 is 2.33 bits per heavy atom. The summed E-state index contributed by atoms with van der Waals surface area (Å²) in [7, 11) is 0. The van der Waals surface area contributed by atoms with Gasteiger partial charge in [0.05, 0.1) is 6.04 Å². The highest BCUT2D eigenvalue weighted by atomic mass is 19.4. The van der Waals surface area contributed by atoms with E-state index in [0.29, 0.717) is 12.2 Å². The second-order valence-electron chi connectivity index (χ2n) is 3.61. The number of nitrogens with zero attached hydrogens (tertiary/aromatic N) is 1. The Hall–Kier alpha value is -1.57. The van der Waals surface area contributed by atoms with Gasteiger partial charge in [-0.2, -0.15) is 13.2 Å². The number of halogens is 3. The van der Waals surface area contributed by atoms with Gasteiger partial charge in [-0.05, 0) is 6.42 Å². The van der Waals surface area contributed by atoms with E-state index in [1.165, 1.54) is 6.20 Å². The molecule has 18 heavy (non-hydrogen) atoms. The summed E-state index contributed by atoms with van der Waals surface area (Å²) < 4.78 is 39.6. The van der Waals surface area contributed by atoms with Crippen LogP contribution in [0.15, 0.2) is 12.4 Å². The Balaban J connectivity index is 2.35. The number of hydrogen-bond donors (Lipinski definition) is 2. The lowest BCUT2D eigenvalue weighted by Gasteiger charge is -2.15. The average molecular weight is 265 g/mol. The lowest BCUT2D eigenvalue weighted by Crippen LogP contribution is -2.33. The molecule has 0 aliphatic heterocycles. The highest BCUT2D eigenvalue weighted by molar-refractivity contribution is 5.77. The number of H-pyrrole nitrogens is 1. The number of rotatable bonds is 6. The van der Waals surface area contributed by atoms with Crippen LogP contribution in [0, 0.1) is 0 Å². The van der Waals surface area contributed by atoms with Crippen LogP contribution >= 0.6 is 0 Å². The molecule has 0 aliphatic carbocycles. The van der Waals surface area contributed by atoms with Crippen LogP contribution in [0.1, 0.15) is 25.2 Å². The van der Waals surface area contributed by atoms with E-state index in [2.05, 4.69) is 20.0 Å². The lowest BCUT2D eigenvalue weighted by molar-refractivity contribution is -0.175. The SMILES string of the molecule is CCC(NC(=O)COCC(F)(F)F)c1ncc[nH]1. The van der Waals surface area contributed by atoms with Crippen LogP contribution in [0.3, 0.4) is 0 Å². The van der Waals surface area contributed by atoms with Gasteiger partial charge in [-0.15, -0.1) is 0 Å². The van der Waals surface area contributed by atoms with Gasteiger partial charge in [-0.25, -0.2) is 4.98 Å². The second-order valence-corrected chi connectivity index (χ2v) is 3.61. The molecule has 1 aromatic heterocycles. The minimum Gasteiger partial charge on any atom is -0.362 e. The van der Waals surface area contributed by atoms with Gasteiger partial charge in [-0.1, -0.05) is 6.92 Å². The first kappa shape index (κ1) is 14.5. The van der Waals surface area contributed by atoms with Gasteiger partial charge in [0.1, 0.15) is 19.0 Å². The minimum absolute atomic E-state index is 0.359. The molecule has 0 aromatic carbocycles. The van der Waals surface area contributed by atoms with Crippen LogP contribution in [0.5, 0.6) is 0 Å². The number of ether oxygens (including phenoxy) is 1. The molecule has 102 valence electrons. The van der Waals surface area contributed by atoms with Gasteiger partial charge < -0.3 is 15.0 Å². The molecule has 0 aliphatic rings. The van der Waals surface area contributed by atoms with Crippen molar-refractivity contribution in [2.45, 2.75) is 25.6 Å². The molecule has 1 amide bonds. The minimum atomic E-state index is -4.43.